The number of aromatic nitrogens is 2. The fourth-order valence-electron chi connectivity index (χ4n) is 3.35. The van der Waals surface area contributed by atoms with Crippen molar-refractivity contribution in [3.05, 3.63) is 50.1 Å². The number of nitrogens with zero attached hydrogens (tertiary/aromatic N) is 2. The van der Waals surface area contributed by atoms with E-state index in [0.717, 1.165) is 28.7 Å². The van der Waals surface area contributed by atoms with Crippen molar-refractivity contribution in [1.82, 2.24) is 9.55 Å². The van der Waals surface area contributed by atoms with Crippen molar-refractivity contribution in [2.75, 3.05) is 5.32 Å². The first kappa shape index (κ1) is 15.4. The van der Waals surface area contributed by atoms with Crippen molar-refractivity contribution in [2.24, 2.45) is 7.05 Å². The topological polar surface area (TPSA) is 46.9 Å². The van der Waals surface area contributed by atoms with E-state index >= 15 is 0 Å². The summed E-state index contributed by atoms with van der Waals surface area (Å²) in [5.41, 5.74) is 4.74. The first-order valence-corrected chi connectivity index (χ1v) is 9.22. The summed E-state index contributed by atoms with van der Waals surface area (Å²) >= 11 is 1.69. The van der Waals surface area contributed by atoms with Gasteiger partial charge in [-0.15, -0.1) is 11.3 Å². The van der Waals surface area contributed by atoms with Crippen LogP contribution in [-0.4, -0.2) is 9.55 Å². The highest BCUT2D eigenvalue weighted by atomic mass is 32.1. The summed E-state index contributed by atoms with van der Waals surface area (Å²) in [5.74, 6) is 0.606. The maximum atomic E-state index is 12.9. The molecule has 2 heterocycles. The van der Waals surface area contributed by atoms with E-state index in [0.29, 0.717) is 5.95 Å². The molecule has 124 valence electrons. The summed E-state index contributed by atoms with van der Waals surface area (Å²) in [7, 11) is 1.80. The Morgan fingerprint density at radius 1 is 1.17 bits per heavy atom. The van der Waals surface area contributed by atoms with E-state index in [2.05, 4.69) is 31.3 Å². The van der Waals surface area contributed by atoms with Crippen LogP contribution < -0.4 is 10.9 Å². The molecule has 0 unspecified atom stereocenters. The zero-order chi connectivity index (χ0) is 16.8. The number of hydrogen-bond acceptors (Lipinski definition) is 4. The molecule has 1 aliphatic rings. The molecule has 24 heavy (non-hydrogen) atoms. The SMILES string of the molecule is Cc1ccc(Nc2nc3sc4c(c3c(=O)n2C)CCCC4)cc1C. The van der Waals surface area contributed by atoms with Crippen LogP contribution in [0.5, 0.6) is 0 Å². The summed E-state index contributed by atoms with van der Waals surface area (Å²) < 4.78 is 1.64. The second kappa shape index (κ2) is 5.74. The number of benzene rings is 1. The first-order valence-electron chi connectivity index (χ1n) is 8.40. The molecule has 1 N–H and O–H groups in total. The van der Waals surface area contributed by atoms with Gasteiger partial charge in [-0.25, -0.2) is 4.98 Å². The average molecular weight is 339 g/mol. The van der Waals surface area contributed by atoms with Crippen LogP contribution in [0, 0.1) is 13.8 Å². The molecular formula is C19H21N3OS. The quantitative estimate of drug-likeness (QED) is 0.760. The second-order valence-electron chi connectivity index (χ2n) is 6.61. The molecule has 1 aromatic carbocycles. The predicted molar refractivity (Wildman–Crippen MR) is 101 cm³/mol. The normalized spacial score (nSPS) is 14.0. The third kappa shape index (κ3) is 2.44. The molecule has 0 radical (unpaired) electrons. The maximum absolute atomic E-state index is 12.9. The third-order valence-electron chi connectivity index (χ3n) is 4.96. The van der Waals surface area contributed by atoms with Crippen LogP contribution in [0.15, 0.2) is 23.0 Å². The van der Waals surface area contributed by atoms with E-state index < -0.39 is 0 Å². The van der Waals surface area contributed by atoms with Crippen LogP contribution in [-0.2, 0) is 19.9 Å². The van der Waals surface area contributed by atoms with Gasteiger partial charge in [0.15, 0.2) is 0 Å². The van der Waals surface area contributed by atoms with Crippen LogP contribution in [0.1, 0.15) is 34.4 Å². The molecular weight excluding hydrogens is 318 g/mol. The van der Waals surface area contributed by atoms with Crippen LogP contribution in [0.4, 0.5) is 11.6 Å². The van der Waals surface area contributed by atoms with E-state index in [9.17, 15) is 4.79 Å². The van der Waals surface area contributed by atoms with Gasteiger partial charge < -0.3 is 5.32 Å². The lowest BCUT2D eigenvalue weighted by molar-refractivity contribution is 0.699. The summed E-state index contributed by atoms with van der Waals surface area (Å²) in [5, 5.41) is 4.15. The Kier molecular flexibility index (Phi) is 3.68. The zero-order valence-corrected chi connectivity index (χ0v) is 15.1. The lowest BCUT2D eigenvalue weighted by atomic mass is 9.97. The Morgan fingerprint density at radius 3 is 2.75 bits per heavy atom. The molecule has 5 heteroatoms. The van der Waals surface area contributed by atoms with Crippen molar-refractivity contribution in [3.8, 4) is 0 Å². The van der Waals surface area contributed by atoms with Crippen LogP contribution >= 0.6 is 11.3 Å². The summed E-state index contributed by atoms with van der Waals surface area (Å²) in [6.45, 7) is 4.18. The molecule has 0 fully saturated rings. The average Bonchev–Trinajstić information content (AvgIpc) is 2.94. The number of anilines is 2. The molecule has 0 spiro atoms. The van der Waals surface area contributed by atoms with Crippen molar-refractivity contribution in [1.29, 1.82) is 0 Å². The van der Waals surface area contributed by atoms with Gasteiger partial charge in [-0.05, 0) is 68.4 Å². The Hall–Kier alpha value is -2.14. The Labute approximate surface area is 145 Å². The molecule has 0 aliphatic heterocycles. The van der Waals surface area contributed by atoms with E-state index in [1.54, 1.807) is 23.0 Å². The Bertz CT molecular complexity index is 1000. The molecule has 4 nitrogen and oxygen atoms in total. The molecule has 0 saturated heterocycles. The minimum Gasteiger partial charge on any atom is -0.325 e. The molecule has 2 aromatic heterocycles. The number of thiophene rings is 1. The highest BCUT2D eigenvalue weighted by molar-refractivity contribution is 7.18. The highest BCUT2D eigenvalue weighted by Crippen LogP contribution is 2.34. The van der Waals surface area contributed by atoms with E-state index in [4.69, 9.17) is 4.98 Å². The van der Waals surface area contributed by atoms with E-state index in [-0.39, 0.29) is 5.56 Å². The summed E-state index contributed by atoms with van der Waals surface area (Å²) in [6.07, 6.45) is 4.48. The van der Waals surface area contributed by atoms with Crippen molar-refractivity contribution < 1.29 is 0 Å². The van der Waals surface area contributed by atoms with E-state index in [1.165, 1.54) is 34.4 Å². The fraction of sp³-hybridized carbons (Fsp3) is 0.368. The number of rotatable bonds is 2. The Morgan fingerprint density at radius 2 is 1.96 bits per heavy atom. The second-order valence-corrected chi connectivity index (χ2v) is 7.70. The monoisotopic (exact) mass is 339 g/mol. The molecule has 3 aromatic rings. The molecule has 4 rings (SSSR count). The van der Waals surface area contributed by atoms with Gasteiger partial charge in [0.25, 0.3) is 5.56 Å². The van der Waals surface area contributed by atoms with Gasteiger partial charge in [0.05, 0.1) is 5.39 Å². The largest absolute Gasteiger partial charge is 0.325 e. The van der Waals surface area contributed by atoms with Gasteiger partial charge in [-0.2, -0.15) is 0 Å². The highest BCUT2D eigenvalue weighted by Gasteiger charge is 2.21. The van der Waals surface area contributed by atoms with Crippen molar-refractivity contribution in [2.45, 2.75) is 39.5 Å². The standard InChI is InChI=1S/C19H21N3OS/c1-11-8-9-13(10-12(11)2)20-19-21-17-16(18(23)22(19)3)14-6-4-5-7-15(14)24-17/h8-10H,4-7H2,1-3H3,(H,20,21). The predicted octanol–water partition coefficient (Wildman–Crippen LogP) is 4.23. The summed E-state index contributed by atoms with van der Waals surface area (Å²) in [6, 6.07) is 6.20. The van der Waals surface area contributed by atoms with Crippen molar-refractivity contribution in [3.63, 3.8) is 0 Å². The van der Waals surface area contributed by atoms with Crippen molar-refractivity contribution >= 4 is 33.2 Å². The van der Waals surface area contributed by atoms with Gasteiger partial charge >= 0.3 is 0 Å². The smallest absolute Gasteiger partial charge is 0.263 e. The van der Waals surface area contributed by atoms with Gasteiger partial charge in [0.1, 0.15) is 4.83 Å². The van der Waals surface area contributed by atoms with Gasteiger partial charge in [-0.1, -0.05) is 6.07 Å². The third-order valence-corrected chi connectivity index (χ3v) is 6.15. The number of aryl methyl sites for hydroxylation is 4. The first-order chi connectivity index (χ1) is 11.5. The zero-order valence-electron chi connectivity index (χ0n) is 14.3. The maximum Gasteiger partial charge on any atom is 0.263 e. The molecule has 0 atom stereocenters. The number of fused-ring (bicyclic) bond motifs is 3. The molecule has 0 bridgehead atoms. The van der Waals surface area contributed by atoms with Gasteiger partial charge in [-0.3, -0.25) is 9.36 Å². The lowest BCUT2D eigenvalue weighted by Crippen LogP contribution is -2.21. The van der Waals surface area contributed by atoms with Crippen LogP contribution in [0.3, 0.4) is 0 Å². The van der Waals surface area contributed by atoms with Crippen LogP contribution in [0.25, 0.3) is 10.2 Å². The minimum absolute atomic E-state index is 0.0609. The van der Waals surface area contributed by atoms with E-state index in [1.807, 2.05) is 6.07 Å². The molecule has 0 amide bonds. The number of hydrogen-bond donors (Lipinski definition) is 1. The molecule has 0 saturated carbocycles. The summed E-state index contributed by atoms with van der Waals surface area (Å²) in [4.78, 5) is 19.9. The van der Waals surface area contributed by atoms with Gasteiger partial charge in [0, 0.05) is 17.6 Å². The minimum atomic E-state index is 0.0609. The lowest BCUT2D eigenvalue weighted by Gasteiger charge is -2.12. The fourth-order valence-corrected chi connectivity index (χ4v) is 4.60. The molecule has 1 aliphatic carbocycles. The van der Waals surface area contributed by atoms with Gasteiger partial charge in [0.2, 0.25) is 5.95 Å². The van der Waals surface area contributed by atoms with Crippen LogP contribution in [0.2, 0.25) is 0 Å². The Balaban J connectivity index is 1.83. The number of nitrogens with one attached hydrogen (secondary N) is 1.